The van der Waals surface area contributed by atoms with Crippen molar-refractivity contribution in [3.05, 3.63) is 168 Å². The smallest absolute Gasteiger partial charge is 0.274 e. The fraction of sp³-hybridized carbons (Fsp3) is 0. The molecule has 240 valence electrons. The highest BCUT2D eigenvalue weighted by Crippen LogP contribution is 2.37. The van der Waals surface area contributed by atoms with Gasteiger partial charge in [0.25, 0.3) is 5.56 Å². The van der Waals surface area contributed by atoms with Crippen LogP contribution in [0.15, 0.2) is 163 Å². The fourth-order valence-electron chi connectivity index (χ4n) is 6.91. The lowest BCUT2D eigenvalue weighted by atomic mass is 10.0. The van der Waals surface area contributed by atoms with Crippen LogP contribution in [-0.4, -0.2) is 28.9 Å². The van der Waals surface area contributed by atoms with Crippen LogP contribution in [0.4, 0.5) is 0 Å². The topological polar surface area (TPSA) is 78.0 Å². The first-order valence-corrected chi connectivity index (χ1v) is 17.4. The first-order valence-electron chi connectivity index (χ1n) is 16.6. The van der Waals surface area contributed by atoms with E-state index in [9.17, 15) is 4.79 Å². The van der Waals surface area contributed by atoms with Gasteiger partial charge in [0, 0.05) is 28.0 Å². The second-order valence-corrected chi connectivity index (χ2v) is 13.4. The SMILES string of the molecule is O=c1cc(-c2ccccc2)n2c(n1)sc1cc(-c3ccc4c(c3)c3ccccc3n4-c3nc(-c4ccccc4)nc(-c4ccccc4)n3)ccc12. The Morgan fingerprint density at radius 1 is 0.451 bits per heavy atom. The number of benzene rings is 6. The highest BCUT2D eigenvalue weighted by atomic mass is 32.1. The van der Waals surface area contributed by atoms with Crippen LogP contribution in [0.5, 0.6) is 0 Å². The third-order valence-corrected chi connectivity index (χ3v) is 10.3. The molecule has 0 radical (unpaired) electrons. The Morgan fingerprint density at radius 2 is 1.02 bits per heavy atom. The van der Waals surface area contributed by atoms with Crippen LogP contribution in [0.3, 0.4) is 0 Å². The maximum absolute atomic E-state index is 12.6. The molecule has 0 unspecified atom stereocenters. The van der Waals surface area contributed by atoms with Gasteiger partial charge in [0.2, 0.25) is 5.95 Å². The zero-order valence-electron chi connectivity index (χ0n) is 27.0. The van der Waals surface area contributed by atoms with E-state index in [-0.39, 0.29) is 5.56 Å². The third kappa shape index (κ3) is 4.92. The van der Waals surface area contributed by atoms with Gasteiger partial charge in [-0.1, -0.05) is 133 Å². The summed E-state index contributed by atoms with van der Waals surface area (Å²) in [6.07, 6.45) is 0. The number of aromatic nitrogens is 6. The summed E-state index contributed by atoms with van der Waals surface area (Å²) in [6.45, 7) is 0. The van der Waals surface area contributed by atoms with Crippen LogP contribution < -0.4 is 5.56 Å². The van der Waals surface area contributed by atoms with Gasteiger partial charge in [0.15, 0.2) is 16.6 Å². The van der Waals surface area contributed by atoms with E-state index in [0.29, 0.717) is 22.6 Å². The lowest BCUT2D eigenvalue weighted by Crippen LogP contribution is -2.08. The van der Waals surface area contributed by atoms with Gasteiger partial charge in [0.05, 0.1) is 26.9 Å². The predicted molar refractivity (Wildman–Crippen MR) is 206 cm³/mol. The Morgan fingerprint density at radius 3 is 1.71 bits per heavy atom. The highest BCUT2D eigenvalue weighted by molar-refractivity contribution is 7.23. The van der Waals surface area contributed by atoms with Crippen LogP contribution in [0.2, 0.25) is 0 Å². The summed E-state index contributed by atoms with van der Waals surface area (Å²) in [6, 6.07) is 53.1. The molecule has 0 amide bonds. The predicted octanol–water partition coefficient (Wildman–Crippen LogP) is 9.86. The number of para-hydroxylation sites is 1. The molecule has 0 fully saturated rings. The minimum absolute atomic E-state index is 0.243. The first kappa shape index (κ1) is 29.2. The van der Waals surface area contributed by atoms with Crippen molar-refractivity contribution in [2.24, 2.45) is 0 Å². The molecule has 0 N–H and O–H groups in total. The number of thiazole rings is 1. The molecule has 0 saturated heterocycles. The van der Waals surface area contributed by atoms with Gasteiger partial charge < -0.3 is 0 Å². The molecule has 51 heavy (non-hydrogen) atoms. The molecule has 0 aliphatic rings. The molecule has 10 aromatic rings. The first-order chi connectivity index (χ1) is 25.2. The van der Waals surface area contributed by atoms with E-state index in [2.05, 4.69) is 68.5 Å². The quantitative estimate of drug-likeness (QED) is 0.182. The van der Waals surface area contributed by atoms with Crippen molar-refractivity contribution in [2.45, 2.75) is 0 Å². The summed E-state index contributed by atoms with van der Waals surface area (Å²) < 4.78 is 5.27. The normalized spacial score (nSPS) is 11.6. The van der Waals surface area contributed by atoms with Crippen molar-refractivity contribution < 1.29 is 0 Å². The van der Waals surface area contributed by atoms with Crippen molar-refractivity contribution in [3.8, 4) is 51.1 Å². The Bertz CT molecular complexity index is 2930. The summed E-state index contributed by atoms with van der Waals surface area (Å²) in [5.41, 5.74) is 8.61. The van der Waals surface area contributed by atoms with Crippen LogP contribution in [0, 0.1) is 0 Å². The molecular formula is C43H26N6OS. The molecule has 0 bridgehead atoms. The number of nitrogens with zero attached hydrogens (tertiary/aromatic N) is 6. The monoisotopic (exact) mass is 674 g/mol. The lowest BCUT2D eigenvalue weighted by molar-refractivity contribution is 0.953. The fourth-order valence-corrected chi connectivity index (χ4v) is 7.98. The van der Waals surface area contributed by atoms with Gasteiger partial charge in [-0.2, -0.15) is 15.0 Å². The Balaban J connectivity index is 1.15. The maximum Gasteiger partial charge on any atom is 0.274 e. The molecule has 6 aromatic carbocycles. The minimum atomic E-state index is -0.243. The van der Waals surface area contributed by atoms with E-state index < -0.39 is 0 Å². The molecule has 0 spiro atoms. The second-order valence-electron chi connectivity index (χ2n) is 12.3. The number of fused-ring (bicyclic) bond motifs is 6. The standard InChI is InChI=1S/C43H26N6OS/c50-39-26-37(27-12-4-1-5-13-27)49-36-23-21-31(25-38(36)51-43(49)44-39)30-20-22-35-33(24-30)32-18-10-11-19-34(32)48(35)42-46-40(28-14-6-2-7-15-28)45-41(47-42)29-16-8-3-9-17-29/h1-26H. The van der Waals surface area contributed by atoms with E-state index >= 15 is 0 Å². The average Bonchev–Trinajstić information content (AvgIpc) is 3.73. The maximum atomic E-state index is 12.6. The second kappa shape index (κ2) is 11.7. The lowest BCUT2D eigenvalue weighted by Gasteiger charge is -2.11. The van der Waals surface area contributed by atoms with E-state index in [1.807, 2.05) is 97.1 Å². The molecule has 7 nitrogen and oxygen atoms in total. The Hall–Kier alpha value is -6.77. The van der Waals surface area contributed by atoms with Gasteiger partial charge >= 0.3 is 0 Å². The van der Waals surface area contributed by atoms with Crippen molar-refractivity contribution in [3.63, 3.8) is 0 Å². The number of hydrogen-bond acceptors (Lipinski definition) is 6. The molecule has 4 heterocycles. The number of hydrogen-bond donors (Lipinski definition) is 0. The van der Waals surface area contributed by atoms with Crippen molar-refractivity contribution in [1.29, 1.82) is 0 Å². The molecule has 0 saturated carbocycles. The van der Waals surface area contributed by atoms with Gasteiger partial charge in [0.1, 0.15) is 0 Å². The summed E-state index contributed by atoms with van der Waals surface area (Å²) >= 11 is 1.53. The van der Waals surface area contributed by atoms with E-state index in [0.717, 1.165) is 65.5 Å². The van der Waals surface area contributed by atoms with Crippen LogP contribution in [-0.2, 0) is 0 Å². The molecule has 0 atom stereocenters. The minimum Gasteiger partial charge on any atom is -0.284 e. The number of rotatable bonds is 5. The molecular weight excluding hydrogens is 649 g/mol. The van der Waals surface area contributed by atoms with Crippen molar-refractivity contribution in [1.82, 2.24) is 28.9 Å². The van der Waals surface area contributed by atoms with Gasteiger partial charge in [-0.25, -0.2) is 4.98 Å². The van der Waals surface area contributed by atoms with Gasteiger partial charge in [-0.05, 0) is 47.0 Å². The van der Waals surface area contributed by atoms with Crippen LogP contribution in [0.1, 0.15) is 0 Å². The van der Waals surface area contributed by atoms with E-state index in [4.69, 9.17) is 15.0 Å². The third-order valence-electron chi connectivity index (χ3n) is 9.26. The average molecular weight is 675 g/mol. The highest BCUT2D eigenvalue weighted by Gasteiger charge is 2.19. The molecule has 0 aliphatic carbocycles. The Kier molecular flexibility index (Phi) is 6.68. The van der Waals surface area contributed by atoms with Crippen molar-refractivity contribution >= 4 is 48.3 Å². The van der Waals surface area contributed by atoms with Crippen molar-refractivity contribution in [2.75, 3.05) is 0 Å². The molecule has 10 rings (SSSR count). The van der Waals surface area contributed by atoms with E-state index in [1.54, 1.807) is 6.07 Å². The summed E-state index contributed by atoms with van der Waals surface area (Å²) in [5, 5.41) is 2.20. The zero-order valence-corrected chi connectivity index (χ0v) is 27.8. The molecule has 0 aliphatic heterocycles. The largest absolute Gasteiger partial charge is 0.284 e. The Labute approximate surface area is 295 Å². The summed E-state index contributed by atoms with van der Waals surface area (Å²) in [5.74, 6) is 1.79. The summed E-state index contributed by atoms with van der Waals surface area (Å²) in [7, 11) is 0. The summed E-state index contributed by atoms with van der Waals surface area (Å²) in [4.78, 5) is 32.7. The van der Waals surface area contributed by atoms with Gasteiger partial charge in [-0.3, -0.25) is 13.8 Å². The van der Waals surface area contributed by atoms with Gasteiger partial charge in [-0.15, -0.1) is 0 Å². The zero-order chi connectivity index (χ0) is 33.9. The van der Waals surface area contributed by atoms with Crippen LogP contribution >= 0.6 is 11.3 Å². The molecule has 8 heteroatoms. The van der Waals surface area contributed by atoms with E-state index in [1.165, 1.54) is 11.3 Å². The molecule has 4 aromatic heterocycles. The van der Waals surface area contributed by atoms with Crippen LogP contribution in [0.25, 0.3) is 88.1 Å².